The van der Waals surface area contributed by atoms with Crippen LogP contribution < -0.4 is 5.32 Å². The SMILES string of the molecule is Cc1nc(Cl)nc(Nc2ccc([N+](=O)[O-])cc2)c1[N+](=O)[O-]. The normalized spacial score (nSPS) is 10.2. The van der Waals surface area contributed by atoms with Gasteiger partial charge >= 0.3 is 5.69 Å². The number of nitro groups is 2. The predicted octanol–water partition coefficient (Wildman–Crippen LogP) is 3.00. The molecule has 1 heterocycles. The molecule has 0 unspecified atom stereocenters. The van der Waals surface area contributed by atoms with Crippen LogP contribution in [0.4, 0.5) is 22.9 Å². The van der Waals surface area contributed by atoms with Crippen LogP contribution in [-0.4, -0.2) is 19.8 Å². The van der Waals surface area contributed by atoms with E-state index in [0.29, 0.717) is 5.69 Å². The maximum atomic E-state index is 11.0. The average Bonchev–Trinajstić information content (AvgIpc) is 2.37. The molecule has 0 saturated carbocycles. The molecular formula is C11H8ClN5O4. The van der Waals surface area contributed by atoms with E-state index in [-0.39, 0.29) is 28.2 Å². The van der Waals surface area contributed by atoms with E-state index in [1.54, 1.807) is 0 Å². The fourth-order valence-corrected chi connectivity index (χ4v) is 1.85. The Balaban J connectivity index is 2.39. The Morgan fingerprint density at radius 3 is 2.24 bits per heavy atom. The topological polar surface area (TPSA) is 124 Å². The number of rotatable bonds is 4. The minimum atomic E-state index is -0.626. The lowest BCUT2D eigenvalue weighted by Gasteiger charge is -2.07. The lowest BCUT2D eigenvalue weighted by molar-refractivity contribution is -0.385. The molecule has 108 valence electrons. The number of nitrogens with one attached hydrogen (secondary N) is 1. The van der Waals surface area contributed by atoms with Crippen LogP contribution in [0.2, 0.25) is 5.28 Å². The number of nitro benzene ring substituents is 1. The highest BCUT2D eigenvalue weighted by molar-refractivity contribution is 6.28. The Kier molecular flexibility index (Phi) is 3.94. The summed E-state index contributed by atoms with van der Waals surface area (Å²) in [7, 11) is 0. The van der Waals surface area contributed by atoms with Crippen LogP contribution in [0.1, 0.15) is 5.69 Å². The third-order valence-electron chi connectivity index (χ3n) is 2.55. The van der Waals surface area contributed by atoms with E-state index in [1.165, 1.54) is 31.2 Å². The second-order valence-corrected chi connectivity index (χ2v) is 4.30. The smallest absolute Gasteiger partial charge is 0.332 e. The van der Waals surface area contributed by atoms with Gasteiger partial charge in [-0.1, -0.05) is 0 Å². The Morgan fingerprint density at radius 1 is 1.10 bits per heavy atom. The van der Waals surface area contributed by atoms with Crippen molar-refractivity contribution >= 4 is 34.5 Å². The van der Waals surface area contributed by atoms with E-state index >= 15 is 0 Å². The molecule has 0 aliphatic carbocycles. The molecular weight excluding hydrogens is 302 g/mol. The van der Waals surface area contributed by atoms with Crippen LogP contribution in [0, 0.1) is 27.2 Å². The second-order valence-electron chi connectivity index (χ2n) is 3.96. The van der Waals surface area contributed by atoms with Crippen molar-refractivity contribution in [2.75, 3.05) is 5.32 Å². The maximum Gasteiger partial charge on any atom is 0.332 e. The van der Waals surface area contributed by atoms with Crippen molar-refractivity contribution in [3.05, 3.63) is 55.5 Å². The minimum absolute atomic E-state index is 0.0775. The number of hydrogen-bond donors (Lipinski definition) is 1. The van der Waals surface area contributed by atoms with Crippen molar-refractivity contribution in [1.29, 1.82) is 0 Å². The van der Waals surface area contributed by atoms with Gasteiger partial charge in [-0.2, -0.15) is 4.98 Å². The molecule has 0 aliphatic rings. The van der Waals surface area contributed by atoms with E-state index in [2.05, 4.69) is 15.3 Å². The van der Waals surface area contributed by atoms with Gasteiger partial charge in [0, 0.05) is 17.8 Å². The summed E-state index contributed by atoms with van der Waals surface area (Å²) in [6.07, 6.45) is 0. The number of aryl methyl sites for hydroxylation is 1. The van der Waals surface area contributed by atoms with E-state index in [0.717, 1.165) is 0 Å². The number of aromatic nitrogens is 2. The molecule has 0 radical (unpaired) electrons. The van der Waals surface area contributed by atoms with E-state index in [9.17, 15) is 20.2 Å². The van der Waals surface area contributed by atoms with Gasteiger partial charge in [0.25, 0.3) is 5.69 Å². The van der Waals surface area contributed by atoms with Gasteiger partial charge in [0.15, 0.2) is 0 Å². The number of nitrogens with zero attached hydrogens (tertiary/aromatic N) is 4. The molecule has 9 nitrogen and oxygen atoms in total. The van der Waals surface area contributed by atoms with Crippen LogP contribution in [-0.2, 0) is 0 Å². The summed E-state index contributed by atoms with van der Waals surface area (Å²) in [6.45, 7) is 1.44. The van der Waals surface area contributed by atoms with Gasteiger partial charge < -0.3 is 5.32 Å². The fourth-order valence-electron chi connectivity index (χ4n) is 1.64. The second kappa shape index (κ2) is 5.67. The van der Waals surface area contributed by atoms with Gasteiger partial charge in [-0.15, -0.1) is 0 Å². The molecule has 0 fully saturated rings. The van der Waals surface area contributed by atoms with Gasteiger partial charge in [0.1, 0.15) is 5.69 Å². The number of halogens is 1. The summed E-state index contributed by atoms with van der Waals surface area (Å²) in [4.78, 5) is 27.9. The van der Waals surface area contributed by atoms with E-state index in [1.807, 2.05) is 0 Å². The molecule has 0 saturated heterocycles. The Labute approximate surface area is 122 Å². The summed E-state index contributed by atoms with van der Waals surface area (Å²) >= 11 is 5.69. The molecule has 10 heteroatoms. The monoisotopic (exact) mass is 309 g/mol. The van der Waals surface area contributed by atoms with E-state index in [4.69, 9.17) is 11.6 Å². The maximum absolute atomic E-state index is 11.0. The third-order valence-corrected chi connectivity index (χ3v) is 2.72. The van der Waals surface area contributed by atoms with Gasteiger partial charge in [-0.05, 0) is 30.7 Å². The lowest BCUT2D eigenvalue weighted by Crippen LogP contribution is -2.04. The molecule has 1 aromatic carbocycles. The van der Waals surface area contributed by atoms with Crippen molar-refractivity contribution < 1.29 is 9.85 Å². The van der Waals surface area contributed by atoms with Gasteiger partial charge in [-0.3, -0.25) is 20.2 Å². The Hall–Kier alpha value is -2.81. The molecule has 2 rings (SSSR count). The highest BCUT2D eigenvalue weighted by Gasteiger charge is 2.22. The number of hydrogen-bond acceptors (Lipinski definition) is 7. The van der Waals surface area contributed by atoms with Crippen molar-refractivity contribution in [2.24, 2.45) is 0 Å². The number of non-ortho nitro benzene ring substituents is 1. The average molecular weight is 310 g/mol. The standard InChI is InChI=1S/C11H8ClN5O4/c1-6-9(17(20)21)10(15-11(12)13-6)14-7-2-4-8(5-3-7)16(18)19/h2-5H,1H3,(H,13,14,15). The molecule has 1 N–H and O–H groups in total. The van der Waals surface area contributed by atoms with Crippen LogP contribution in [0.5, 0.6) is 0 Å². The van der Waals surface area contributed by atoms with Crippen LogP contribution in [0.25, 0.3) is 0 Å². The predicted molar refractivity (Wildman–Crippen MR) is 74.8 cm³/mol. The zero-order valence-electron chi connectivity index (χ0n) is 10.6. The molecule has 0 bridgehead atoms. The number of anilines is 2. The highest BCUT2D eigenvalue weighted by atomic mass is 35.5. The fraction of sp³-hybridized carbons (Fsp3) is 0.0909. The Bertz CT molecular complexity index is 719. The summed E-state index contributed by atoms with van der Waals surface area (Å²) in [5.41, 5.74) is 0.118. The van der Waals surface area contributed by atoms with Gasteiger partial charge in [0.05, 0.1) is 9.85 Å². The molecule has 2 aromatic rings. The zero-order chi connectivity index (χ0) is 15.6. The minimum Gasteiger partial charge on any atom is -0.334 e. The first-order valence-corrected chi connectivity index (χ1v) is 5.96. The van der Waals surface area contributed by atoms with Crippen LogP contribution in [0.3, 0.4) is 0 Å². The molecule has 21 heavy (non-hydrogen) atoms. The van der Waals surface area contributed by atoms with Crippen molar-refractivity contribution in [3.63, 3.8) is 0 Å². The first kappa shape index (κ1) is 14.6. The first-order chi connectivity index (χ1) is 9.88. The first-order valence-electron chi connectivity index (χ1n) is 5.58. The summed E-state index contributed by atoms with van der Waals surface area (Å²) in [5.74, 6) is -0.0775. The third kappa shape index (κ3) is 3.20. The molecule has 0 atom stereocenters. The quantitative estimate of drug-likeness (QED) is 0.522. The van der Waals surface area contributed by atoms with Crippen molar-refractivity contribution in [1.82, 2.24) is 9.97 Å². The van der Waals surface area contributed by atoms with E-state index < -0.39 is 9.85 Å². The highest BCUT2D eigenvalue weighted by Crippen LogP contribution is 2.29. The van der Waals surface area contributed by atoms with Crippen molar-refractivity contribution in [3.8, 4) is 0 Å². The Morgan fingerprint density at radius 2 is 1.71 bits per heavy atom. The van der Waals surface area contributed by atoms with Crippen molar-refractivity contribution in [2.45, 2.75) is 6.92 Å². The summed E-state index contributed by atoms with van der Waals surface area (Å²) < 4.78 is 0. The molecule has 1 aromatic heterocycles. The van der Waals surface area contributed by atoms with Crippen LogP contribution >= 0.6 is 11.6 Å². The van der Waals surface area contributed by atoms with Gasteiger partial charge in [0.2, 0.25) is 11.1 Å². The number of benzene rings is 1. The zero-order valence-corrected chi connectivity index (χ0v) is 11.4. The summed E-state index contributed by atoms with van der Waals surface area (Å²) in [5, 5.41) is 24.2. The summed E-state index contributed by atoms with van der Waals surface area (Å²) in [6, 6.07) is 5.36. The molecule has 0 amide bonds. The largest absolute Gasteiger partial charge is 0.334 e. The van der Waals surface area contributed by atoms with Crippen LogP contribution in [0.15, 0.2) is 24.3 Å². The molecule has 0 spiro atoms. The lowest BCUT2D eigenvalue weighted by atomic mass is 10.2. The molecule has 0 aliphatic heterocycles. The van der Waals surface area contributed by atoms with Gasteiger partial charge in [-0.25, -0.2) is 4.98 Å².